The first-order chi connectivity index (χ1) is 8.70. The van der Waals surface area contributed by atoms with Crippen LogP contribution in [0.5, 0.6) is 0 Å². The number of hydrogen-bond donors (Lipinski definition) is 3. The van der Waals surface area contributed by atoms with E-state index in [0.29, 0.717) is 5.84 Å². The van der Waals surface area contributed by atoms with Crippen LogP contribution >= 0.6 is 0 Å². The van der Waals surface area contributed by atoms with Crippen LogP contribution in [0, 0.1) is 11.8 Å². The second-order valence-electron chi connectivity index (χ2n) is 5.35. The number of hydrogen-bond acceptors (Lipinski definition) is 5. The molecule has 2 aliphatic rings. The standard InChI is InChI=1S/C13H24N4O/c1-10-9-11(10)5-3-2-4-8-17-13(18)15-12(16-17)6-7-14/h6-7,10-11,13,18H,2-5,8-9,14H2,1H3,(H,15,16)/t10?,11-,13?/m1/s1. The van der Waals surface area contributed by atoms with E-state index < -0.39 is 6.35 Å². The third-order valence-electron chi connectivity index (χ3n) is 3.80. The summed E-state index contributed by atoms with van der Waals surface area (Å²) in [5.41, 5.74) is 8.31. The van der Waals surface area contributed by atoms with Crippen LogP contribution in [0.3, 0.4) is 0 Å². The predicted molar refractivity (Wildman–Crippen MR) is 72.3 cm³/mol. The van der Waals surface area contributed by atoms with Crippen molar-refractivity contribution in [2.24, 2.45) is 22.6 Å². The highest BCUT2D eigenvalue weighted by atomic mass is 16.3. The molecule has 4 N–H and O–H groups in total. The summed E-state index contributed by atoms with van der Waals surface area (Å²) in [6, 6.07) is 0. The lowest BCUT2D eigenvalue weighted by Gasteiger charge is -2.18. The van der Waals surface area contributed by atoms with Crippen LogP contribution in [-0.4, -0.2) is 28.8 Å². The Bertz CT molecular complexity index is 329. The summed E-state index contributed by atoms with van der Waals surface area (Å²) in [5, 5.41) is 11.4. The Morgan fingerprint density at radius 2 is 2.28 bits per heavy atom. The van der Waals surface area contributed by atoms with Crippen LogP contribution in [0.1, 0.15) is 39.0 Å². The number of unbranched alkanes of at least 4 members (excludes halogenated alkanes) is 2. The maximum Gasteiger partial charge on any atom is 0.223 e. The van der Waals surface area contributed by atoms with Crippen LogP contribution in [0.15, 0.2) is 17.3 Å². The number of nitrogens with two attached hydrogens (primary N) is 1. The van der Waals surface area contributed by atoms with Crippen molar-refractivity contribution in [2.45, 2.75) is 45.4 Å². The highest BCUT2D eigenvalue weighted by molar-refractivity contribution is 5.93. The van der Waals surface area contributed by atoms with Gasteiger partial charge in [0.1, 0.15) is 5.84 Å². The lowest BCUT2D eigenvalue weighted by molar-refractivity contribution is 0.00665. The molecular weight excluding hydrogens is 228 g/mol. The Labute approximate surface area is 109 Å². The van der Waals surface area contributed by atoms with E-state index in [4.69, 9.17) is 5.73 Å². The van der Waals surface area contributed by atoms with E-state index in [1.807, 2.05) is 0 Å². The Morgan fingerprint density at radius 3 is 2.94 bits per heavy atom. The van der Waals surface area contributed by atoms with Gasteiger partial charge >= 0.3 is 0 Å². The van der Waals surface area contributed by atoms with Gasteiger partial charge in [0.05, 0.1) is 0 Å². The van der Waals surface area contributed by atoms with Crippen LogP contribution in [0.4, 0.5) is 0 Å². The number of rotatable bonds is 7. The van der Waals surface area contributed by atoms with Gasteiger partial charge in [0.25, 0.3) is 0 Å². The molecule has 0 aromatic heterocycles. The van der Waals surface area contributed by atoms with Crippen molar-refractivity contribution in [1.82, 2.24) is 10.4 Å². The molecule has 0 aromatic carbocycles. The largest absolute Gasteiger partial charge is 0.404 e. The van der Waals surface area contributed by atoms with Gasteiger partial charge in [-0.3, -0.25) is 5.43 Å². The van der Waals surface area contributed by atoms with Crippen molar-refractivity contribution in [3.05, 3.63) is 12.3 Å². The average molecular weight is 252 g/mol. The van der Waals surface area contributed by atoms with E-state index >= 15 is 0 Å². The maximum absolute atomic E-state index is 9.68. The summed E-state index contributed by atoms with van der Waals surface area (Å²) in [7, 11) is 0. The zero-order valence-corrected chi connectivity index (χ0v) is 11.0. The van der Waals surface area contributed by atoms with E-state index in [0.717, 1.165) is 24.8 Å². The number of nitrogens with zero attached hydrogens (tertiary/aromatic N) is 2. The lowest BCUT2D eigenvalue weighted by atomic mass is 10.1. The van der Waals surface area contributed by atoms with Crippen molar-refractivity contribution in [2.75, 3.05) is 6.54 Å². The SMILES string of the molecule is CC1C[C@H]1CCCCCN1NC(C=CN)=NC1O. The van der Waals surface area contributed by atoms with E-state index in [-0.39, 0.29) is 0 Å². The van der Waals surface area contributed by atoms with Gasteiger partial charge in [-0.2, -0.15) is 5.01 Å². The smallest absolute Gasteiger partial charge is 0.223 e. The van der Waals surface area contributed by atoms with E-state index in [1.165, 1.54) is 31.9 Å². The predicted octanol–water partition coefficient (Wildman–Crippen LogP) is 1.17. The average Bonchev–Trinajstić information content (AvgIpc) is 2.91. The molecule has 0 spiro atoms. The molecule has 2 rings (SSSR count). The molecule has 0 radical (unpaired) electrons. The number of amidine groups is 1. The minimum Gasteiger partial charge on any atom is -0.404 e. The van der Waals surface area contributed by atoms with Crippen molar-refractivity contribution < 1.29 is 5.11 Å². The third-order valence-corrected chi connectivity index (χ3v) is 3.80. The highest BCUT2D eigenvalue weighted by Gasteiger charge is 2.31. The Kier molecular flexibility index (Phi) is 4.60. The minimum atomic E-state index is -0.778. The molecule has 1 aliphatic heterocycles. The van der Waals surface area contributed by atoms with Crippen molar-refractivity contribution >= 4 is 5.84 Å². The summed E-state index contributed by atoms with van der Waals surface area (Å²) >= 11 is 0. The second kappa shape index (κ2) is 6.20. The van der Waals surface area contributed by atoms with Gasteiger partial charge in [0, 0.05) is 6.54 Å². The van der Waals surface area contributed by atoms with Gasteiger partial charge < -0.3 is 10.8 Å². The molecule has 1 fully saturated rings. The molecule has 5 nitrogen and oxygen atoms in total. The fraction of sp³-hybridized carbons (Fsp3) is 0.769. The zero-order valence-electron chi connectivity index (χ0n) is 11.0. The molecule has 1 aliphatic carbocycles. The molecule has 2 unspecified atom stereocenters. The van der Waals surface area contributed by atoms with Crippen molar-refractivity contribution in [3.63, 3.8) is 0 Å². The first-order valence-electron chi connectivity index (χ1n) is 6.88. The minimum absolute atomic E-state index is 0.622. The molecule has 0 saturated heterocycles. The van der Waals surface area contributed by atoms with E-state index in [9.17, 15) is 5.11 Å². The Hall–Kier alpha value is -1.07. The number of hydrazine groups is 1. The first-order valence-corrected chi connectivity index (χ1v) is 6.88. The number of aliphatic hydroxyl groups excluding tert-OH is 1. The monoisotopic (exact) mass is 252 g/mol. The summed E-state index contributed by atoms with van der Waals surface area (Å²) in [5.74, 6) is 2.58. The molecule has 18 heavy (non-hydrogen) atoms. The normalized spacial score (nSPS) is 31.7. The van der Waals surface area contributed by atoms with Gasteiger partial charge in [0.15, 0.2) is 0 Å². The van der Waals surface area contributed by atoms with Gasteiger partial charge in [-0.1, -0.05) is 26.2 Å². The summed E-state index contributed by atoms with van der Waals surface area (Å²) in [6.07, 6.45) is 8.69. The van der Waals surface area contributed by atoms with Crippen LogP contribution in [0.25, 0.3) is 0 Å². The number of aliphatic imine (C=N–C) groups is 1. The van der Waals surface area contributed by atoms with Crippen molar-refractivity contribution in [3.8, 4) is 0 Å². The topological polar surface area (TPSA) is 73.9 Å². The van der Waals surface area contributed by atoms with Crippen molar-refractivity contribution in [1.29, 1.82) is 0 Å². The first kappa shape index (κ1) is 13.4. The quantitative estimate of drug-likeness (QED) is 0.595. The fourth-order valence-electron chi connectivity index (χ4n) is 2.44. The Balaban J connectivity index is 1.54. The third kappa shape index (κ3) is 3.71. The number of aliphatic hydroxyl groups is 1. The maximum atomic E-state index is 9.68. The summed E-state index contributed by atoms with van der Waals surface area (Å²) in [6.45, 7) is 3.14. The second-order valence-corrected chi connectivity index (χ2v) is 5.35. The molecule has 102 valence electrons. The molecule has 0 aromatic rings. The van der Waals surface area contributed by atoms with E-state index in [2.05, 4.69) is 17.3 Å². The Morgan fingerprint density at radius 1 is 1.50 bits per heavy atom. The fourth-order valence-corrected chi connectivity index (χ4v) is 2.44. The number of nitrogens with one attached hydrogen (secondary N) is 1. The molecular formula is C13H24N4O. The van der Waals surface area contributed by atoms with Gasteiger partial charge in [-0.25, -0.2) is 4.99 Å². The van der Waals surface area contributed by atoms with Gasteiger partial charge in [-0.15, -0.1) is 0 Å². The van der Waals surface area contributed by atoms with Gasteiger partial charge in [-0.05, 0) is 37.0 Å². The lowest BCUT2D eigenvalue weighted by Crippen LogP contribution is -2.41. The zero-order chi connectivity index (χ0) is 13.0. The molecule has 0 bridgehead atoms. The van der Waals surface area contributed by atoms with Gasteiger partial charge in [0.2, 0.25) is 6.35 Å². The molecule has 1 heterocycles. The van der Waals surface area contributed by atoms with Crippen LogP contribution in [-0.2, 0) is 0 Å². The van der Waals surface area contributed by atoms with Crippen LogP contribution in [0.2, 0.25) is 0 Å². The summed E-state index contributed by atoms with van der Waals surface area (Å²) < 4.78 is 0. The molecule has 5 heteroatoms. The van der Waals surface area contributed by atoms with Crippen LogP contribution < -0.4 is 11.2 Å². The summed E-state index contributed by atoms with van der Waals surface area (Å²) in [4.78, 5) is 4.03. The highest BCUT2D eigenvalue weighted by Crippen LogP contribution is 2.41. The molecule has 0 amide bonds. The molecule has 1 saturated carbocycles. The van der Waals surface area contributed by atoms with E-state index in [1.54, 1.807) is 11.1 Å². The molecule has 3 atom stereocenters.